The minimum Gasteiger partial charge on any atom is -0.354 e. The summed E-state index contributed by atoms with van der Waals surface area (Å²) in [6.07, 6.45) is 4.78. The molecule has 0 amide bonds. The highest BCUT2D eigenvalue weighted by molar-refractivity contribution is 9.10. The maximum Gasteiger partial charge on any atom is 0.128 e. The van der Waals surface area contributed by atoms with Crippen molar-refractivity contribution >= 4 is 33.1 Å². The molecule has 2 aromatic heterocycles. The minimum atomic E-state index is 0.853. The van der Waals surface area contributed by atoms with Gasteiger partial charge in [0.1, 0.15) is 5.82 Å². The van der Waals surface area contributed by atoms with E-state index < -0.39 is 0 Å². The third-order valence-electron chi connectivity index (χ3n) is 2.40. The Morgan fingerprint density at radius 3 is 2.71 bits per heavy atom. The van der Waals surface area contributed by atoms with Crippen molar-refractivity contribution in [2.75, 3.05) is 11.9 Å². The Morgan fingerprint density at radius 1 is 1.29 bits per heavy atom. The van der Waals surface area contributed by atoms with E-state index in [2.05, 4.69) is 37.7 Å². The number of aryl methyl sites for hydroxylation is 1. The summed E-state index contributed by atoms with van der Waals surface area (Å²) >= 11 is 5.15. The number of aromatic nitrogens is 2. The van der Waals surface area contributed by atoms with Gasteiger partial charge in [0.05, 0.1) is 11.6 Å². The van der Waals surface area contributed by atoms with Crippen molar-refractivity contribution < 1.29 is 0 Å². The van der Waals surface area contributed by atoms with Gasteiger partial charge in [0.25, 0.3) is 0 Å². The largest absolute Gasteiger partial charge is 0.354 e. The maximum absolute atomic E-state index is 4.36. The van der Waals surface area contributed by atoms with Gasteiger partial charge in [-0.2, -0.15) is 0 Å². The van der Waals surface area contributed by atoms with Crippen molar-refractivity contribution in [1.82, 2.24) is 9.97 Å². The number of hydrogen-bond acceptors (Lipinski definition) is 4. The van der Waals surface area contributed by atoms with Crippen LogP contribution >= 0.6 is 27.3 Å². The molecule has 90 valence electrons. The predicted octanol–water partition coefficient (Wildman–Crippen LogP) is 3.50. The SMILES string of the molecule is CCc1ncc(CN(C)c2ccc(Br)cn2)s1. The lowest BCUT2D eigenvalue weighted by Gasteiger charge is -2.16. The van der Waals surface area contributed by atoms with Crippen LogP contribution in [0.2, 0.25) is 0 Å². The van der Waals surface area contributed by atoms with E-state index >= 15 is 0 Å². The first-order chi connectivity index (χ1) is 8.19. The summed E-state index contributed by atoms with van der Waals surface area (Å²) in [4.78, 5) is 12.1. The Hall–Kier alpha value is -0.940. The Kier molecular flexibility index (Phi) is 4.12. The summed E-state index contributed by atoms with van der Waals surface area (Å²) in [5.74, 6) is 0.972. The molecule has 0 radical (unpaired) electrons. The Morgan fingerprint density at radius 2 is 2.12 bits per heavy atom. The van der Waals surface area contributed by atoms with E-state index in [0.717, 1.165) is 23.3 Å². The van der Waals surface area contributed by atoms with Crippen LogP contribution < -0.4 is 4.90 Å². The summed E-state index contributed by atoms with van der Waals surface area (Å²) in [5, 5.41) is 1.19. The smallest absolute Gasteiger partial charge is 0.128 e. The predicted molar refractivity (Wildman–Crippen MR) is 75.5 cm³/mol. The fourth-order valence-corrected chi connectivity index (χ4v) is 2.64. The zero-order valence-corrected chi connectivity index (χ0v) is 12.3. The molecular weight excluding hydrogens is 298 g/mol. The molecule has 0 unspecified atom stereocenters. The standard InChI is InChI=1S/C12H14BrN3S/c1-3-12-15-7-10(17-12)8-16(2)11-5-4-9(13)6-14-11/h4-7H,3,8H2,1-2H3. The summed E-state index contributed by atoms with van der Waals surface area (Å²) in [7, 11) is 2.04. The average molecular weight is 312 g/mol. The number of rotatable bonds is 4. The Bertz CT molecular complexity index is 481. The van der Waals surface area contributed by atoms with Crippen LogP contribution in [-0.4, -0.2) is 17.0 Å². The number of halogens is 1. The van der Waals surface area contributed by atoms with Gasteiger partial charge in [0, 0.05) is 28.8 Å². The van der Waals surface area contributed by atoms with E-state index in [1.54, 1.807) is 11.3 Å². The van der Waals surface area contributed by atoms with Crippen LogP contribution in [0.3, 0.4) is 0 Å². The molecule has 0 aromatic carbocycles. The molecule has 17 heavy (non-hydrogen) atoms. The molecule has 0 bridgehead atoms. The molecule has 0 aliphatic heterocycles. The number of hydrogen-bond donors (Lipinski definition) is 0. The topological polar surface area (TPSA) is 29.0 Å². The highest BCUT2D eigenvalue weighted by Crippen LogP contribution is 2.19. The van der Waals surface area contributed by atoms with E-state index in [9.17, 15) is 0 Å². The van der Waals surface area contributed by atoms with Gasteiger partial charge in [-0.15, -0.1) is 11.3 Å². The van der Waals surface area contributed by atoms with Crippen molar-refractivity contribution in [3.63, 3.8) is 0 Å². The van der Waals surface area contributed by atoms with Gasteiger partial charge >= 0.3 is 0 Å². The number of thiazole rings is 1. The molecule has 0 spiro atoms. The number of pyridine rings is 1. The Labute approximate surface area is 114 Å². The van der Waals surface area contributed by atoms with Gasteiger partial charge in [0.15, 0.2) is 0 Å². The molecule has 0 atom stereocenters. The highest BCUT2D eigenvalue weighted by Gasteiger charge is 2.06. The zero-order valence-electron chi connectivity index (χ0n) is 9.85. The first kappa shape index (κ1) is 12.5. The monoisotopic (exact) mass is 311 g/mol. The first-order valence-electron chi connectivity index (χ1n) is 5.45. The van der Waals surface area contributed by atoms with Crippen molar-refractivity contribution in [3.8, 4) is 0 Å². The average Bonchev–Trinajstić information content (AvgIpc) is 2.77. The van der Waals surface area contributed by atoms with Gasteiger partial charge in [-0.25, -0.2) is 9.97 Å². The fourth-order valence-electron chi connectivity index (χ4n) is 1.49. The van der Waals surface area contributed by atoms with Crippen LogP contribution in [0.4, 0.5) is 5.82 Å². The lowest BCUT2D eigenvalue weighted by Crippen LogP contribution is -2.16. The zero-order chi connectivity index (χ0) is 12.3. The van der Waals surface area contributed by atoms with Crippen LogP contribution in [0.15, 0.2) is 29.0 Å². The van der Waals surface area contributed by atoms with E-state index in [0.29, 0.717) is 0 Å². The lowest BCUT2D eigenvalue weighted by atomic mass is 10.4. The van der Waals surface area contributed by atoms with Gasteiger partial charge in [0.2, 0.25) is 0 Å². The van der Waals surface area contributed by atoms with Crippen LogP contribution in [-0.2, 0) is 13.0 Å². The van der Waals surface area contributed by atoms with Crippen molar-refractivity contribution in [3.05, 3.63) is 38.9 Å². The summed E-state index contributed by atoms with van der Waals surface area (Å²) in [5.41, 5.74) is 0. The van der Waals surface area contributed by atoms with Gasteiger partial charge in [-0.1, -0.05) is 6.92 Å². The van der Waals surface area contributed by atoms with E-state index in [1.807, 2.05) is 31.6 Å². The van der Waals surface area contributed by atoms with Crippen LogP contribution in [0.5, 0.6) is 0 Å². The molecule has 2 aromatic rings. The van der Waals surface area contributed by atoms with Crippen LogP contribution in [0, 0.1) is 0 Å². The molecule has 0 fully saturated rings. The van der Waals surface area contributed by atoms with E-state index in [-0.39, 0.29) is 0 Å². The molecule has 2 heterocycles. The summed E-state index contributed by atoms with van der Waals surface area (Å²) < 4.78 is 1.00. The molecule has 3 nitrogen and oxygen atoms in total. The van der Waals surface area contributed by atoms with Crippen LogP contribution in [0.25, 0.3) is 0 Å². The molecule has 0 aliphatic rings. The molecule has 0 saturated carbocycles. The quantitative estimate of drug-likeness (QED) is 0.865. The fraction of sp³-hybridized carbons (Fsp3) is 0.333. The van der Waals surface area contributed by atoms with Gasteiger partial charge in [-0.05, 0) is 34.5 Å². The number of anilines is 1. The third kappa shape index (κ3) is 3.26. The summed E-state index contributed by atoms with van der Waals surface area (Å²) in [6.45, 7) is 2.98. The Balaban J connectivity index is 2.05. The molecule has 5 heteroatoms. The third-order valence-corrected chi connectivity index (χ3v) is 4.00. The minimum absolute atomic E-state index is 0.853. The molecule has 0 saturated heterocycles. The van der Waals surface area contributed by atoms with Crippen LogP contribution in [0.1, 0.15) is 16.8 Å². The second-order valence-electron chi connectivity index (χ2n) is 3.76. The lowest BCUT2D eigenvalue weighted by molar-refractivity contribution is 0.908. The molecule has 0 N–H and O–H groups in total. The van der Waals surface area contributed by atoms with Crippen molar-refractivity contribution in [2.24, 2.45) is 0 Å². The second-order valence-corrected chi connectivity index (χ2v) is 5.88. The highest BCUT2D eigenvalue weighted by atomic mass is 79.9. The molecular formula is C12H14BrN3S. The van der Waals surface area contributed by atoms with Crippen molar-refractivity contribution in [1.29, 1.82) is 0 Å². The summed E-state index contributed by atoms with van der Waals surface area (Å²) in [6, 6.07) is 4.01. The van der Waals surface area contributed by atoms with E-state index in [1.165, 1.54) is 9.88 Å². The molecule has 0 aliphatic carbocycles. The second kappa shape index (κ2) is 5.60. The number of nitrogens with zero attached hydrogens (tertiary/aromatic N) is 3. The molecule has 2 rings (SSSR count). The first-order valence-corrected chi connectivity index (χ1v) is 7.06. The van der Waals surface area contributed by atoms with Gasteiger partial charge in [-0.3, -0.25) is 0 Å². The normalized spacial score (nSPS) is 10.5. The van der Waals surface area contributed by atoms with E-state index in [4.69, 9.17) is 0 Å². The van der Waals surface area contributed by atoms with Crippen molar-refractivity contribution in [2.45, 2.75) is 19.9 Å². The maximum atomic E-state index is 4.36. The van der Waals surface area contributed by atoms with Gasteiger partial charge < -0.3 is 4.90 Å².